The third-order valence-corrected chi connectivity index (χ3v) is 8.18. The van der Waals surface area contributed by atoms with Crippen LogP contribution < -0.4 is 15.0 Å². The molecule has 0 aliphatic carbocycles. The first-order valence-electron chi connectivity index (χ1n) is 14.7. The molecule has 224 valence electrons. The van der Waals surface area contributed by atoms with Crippen LogP contribution in [0.4, 0.5) is 0 Å². The van der Waals surface area contributed by atoms with Gasteiger partial charge in [-0.25, -0.2) is 0 Å². The van der Waals surface area contributed by atoms with Gasteiger partial charge in [-0.2, -0.15) is 0 Å². The van der Waals surface area contributed by atoms with Crippen molar-refractivity contribution in [1.82, 2.24) is 19.3 Å². The third kappa shape index (κ3) is 7.89. The zero-order chi connectivity index (χ0) is 29.4. The van der Waals surface area contributed by atoms with Crippen LogP contribution in [0.2, 0.25) is 0 Å². The molecule has 3 unspecified atom stereocenters. The molecule has 0 saturated carbocycles. The van der Waals surface area contributed by atoms with Crippen molar-refractivity contribution in [3.8, 4) is 11.5 Å². The average molecular weight is 569 g/mol. The Morgan fingerprint density at radius 3 is 2.51 bits per heavy atom. The summed E-state index contributed by atoms with van der Waals surface area (Å²) < 4.78 is 12.6. The van der Waals surface area contributed by atoms with Gasteiger partial charge in [0.05, 0.1) is 12.5 Å². The van der Waals surface area contributed by atoms with Crippen LogP contribution in [0.1, 0.15) is 50.5 Å². The molecule has 10 nitrogen and oxygen atoms in total. The third-order valence-electron chi connectivity index (χ3n) is 8.18. The van der Waals surface area contributed by atoms with Crippen molar-refractivity contribution in [3.05, 3.63) is 58.5 Å². The smallest absolute Gasteiger partial charge is 0.308 e. The number of aryl methyl sites for hydroxylation is 1. The molecule has 2 aromatic rings. The number of carboxylic acid groups (broad SMARTS) is 1. The van der Waals surface area contributed by atoms with Gasteiger partial charge in [0, 0.05) is 50.4 Å². The Balaban J connectivity index is 1.57. The maximum absolute atomic E-state index is 13.7. The van der Waals surface area contributed by atoms with Crippen molar-refractivity contribution in [2.45, 2.75) is 57.5 Å². The van der Waals surface area contributed by atoms with E-state index in [-0.39, 0.29) is 30.7 Å². The minimum Gasteiger partial charge on any atom is -0.481 e. The van der Waals surface area contributed by atoms with Crippen molar-refractivity contribution in [3.63, 3.8) is 0 Å². The molecule has 4 rings (SSSR count). The van der Waals surface area contributed by atoms with Crippen LogP contribution in [0.3, 0.4) is 0 Å². The van der Waals surface area contributed by atoms with Crippen LogP contribution in [0, 0.1) is 5.92 Å². The van der Waals surface area contributed by atoms with E-state index in [1.54, 1.807) is 22.9 Å². The molecule has 0 radical (unpaired) electrons. The molecule has 0 spiro atoms. The molecule has 3 atom stereocenters. The van der Waals surface area contributed by atoms with Gasteiger partial charge in [-0.05, 0) is 70.1 Å². The number of likely N-dealkylation sites (tertiary alicyclic amines) is 1. The first-order chi connectivity index (χ1) is 19.8. The lowest BCUT2D eigenvalue weighted by atomic mass is 9.84. The lowest BCUT2D eigenvalue weighted by Gasteiger charge is -2.30. The van der Waals surface area contributed by atoms with Crippen molar-refractivity contribution >= 4 is 11.9 Å². The molecule has 41 heavy (non-hydrogen) atoms. The number of hydrogen-bond acceptors (Lipinski definition) is 7. The molecule has 1 N–H and O–H groups in total. The molecule has 0 bridgehead atoms. The standard InChI is InChI=1S/C31H44N4O6/c1-4-5-15-33(17-9-8-14-32(2)3)29(37)21-35-20-24(23-11-12-26-27(19-23)41-22-40-26)30(31(38)39)25(35)13-18-34-16-7-6-10-28(34)36/h6-7,10-12,16,19,24-25,30H,4-5,8-9,13-15,17-18,20-22H2,1-3H3,(H,38,39). The summed E-state index contributed by atoms with van der Waals surface area (Å²) in [6.07, 6.45) is 6.01. The average Bonchev–Trinajstić information content (AvgIpc) is 3.56. The fraction of sp³-hybridized carbons (Fsp3) is 0.581. The van der Waals surface area contributed by atoms with E-state index in [1.807, 2.05) is 42.1 Å². The Kier molecular flexibility index (Phi) is 10.8. The first kappa shape index (κ1) is 30.6. The Morgan fingerprint density at radius 2 is 1.78 bits per heavy atom. The highest BCUT2D eigenvalue weighted by molar-refractivity contribution is 5.79. The number of carbonyl (C=O) groups excluding carboxylic acids is 1. The number of fused-ring (bicyclic) bond motifs is 1. The Hall–Kier alpha value is -3.37. The maximum atomic E-state index is 13.7. The number of benzene rings is 1. The molecule has 1 saturated heterocycles. The second kappa shape index (κ2) is 14.5. The van der Waals surface area contributed by atoms with Crippen molar-refractivity contribution < 1.29 is 24.2 Å². The molecule has 2 aliphatic rings. The highest BCUT2D eigenvalue weighted by atomic mass is 16.7. The molecule has 3 heterocycles. The summed E-state index contributed by atoms with van der Waals surface area (Å²) in [4.78, 5) is 45.0. The number of aliphatic carboxylic acids is 1. The van der Waals surface area contributed by atoms with Crippen LogP contribution in [0.5, 0.6) is 11.5 Å². The zero-order valence-electron chi connectivity index (χ0n) is 24.5. The number of unbranched alkanes of at least 4 members (excludes halogenated alkanes) is 2. The van der Waals surface area contributed by atoms with Crippen LogP contribution in [-0.2, 0) is 16.1 Å². The Morgan fingerprint density at radius 1 is 1.02 bits per heavy atom. The van der Waals surface area contributed by atoms with Gasteiger partial charge in [0.1, 0.15) is 0 Å². The summed E-state index contributed by atoms with van der Waals surface area (Å²) in [6.45, 7) is 5.57. The van der Waals surface area contributed by atoms with E-state index >= 15 is 0 Å². The molecule has 1 aromatic carbocycles. The van der Waals surface area contributed by atoms with E-state index in [4.69, 9.17) is 9.47 Å². The minimum atomic E-state index is -0.903. The number of nitrogens with zero attached hydrogens (tertiary/aromatic N) is 4. The summed E-state index contributed by atoms with van der Waals surface area (Å²) in [6, 6.07) is 10.2. The van der Waals surface area contributed by atoms with E-state index in [2.05, 4.69) is 11.8 Å². The molecule has 1 amide bonds. The van der Waals surface area contributed by atoms with Crippen molar-refractivity contribution in [1.29, 1.82) is 0 Å². The number of aromatic nitrogens is 1. The Labute approximate surface area is 242 Å². The number of pyridine rings is 1. The number of carbonyl (C=O) groups is 2. The van der Waals surface area contributed by atoms with Gasteiger partial charge in [0.2, 0.25) is 18.3 Å². The summed E-state index contributed by atoms with van der Waals surface area (Å²) >= 11 is 0. The second-order valence-corrected chi connectivity index (χ2v) is 11.3. The molecular weight excluding hydrogens is 524 g/mol. The predicted molar refractivity (Wildman–Crippen MR) is 156 cm³/mol. The van der Waals surface area contributed by atoms with Crippen LogP contribution in [0.15, 0.2) is 47.4 Å². The quantitative estimate of drug-likeness (QED) is 0.327. The number of rotatable bonds is 15. The maximum Gasteiger partial charge on any atom is 0.308 e. The van der Waals surface area contributed by atoms with E-state index in [0.717, 1.165) is 37.8 Å². The molecule has 1 aromatic heterocycles. The normalized spacial score (nSPS) is 20.0. The molecule has 2 aliphatic heterocycles. The summed E-state index contributed by atoms with van der Waals surface area (Å²) in [5.74, 6) is -0.702. The van der Waals surface area contributed by atoms with E-state index in [0.29, 0.717) is 44.1 Å². The zero-order valence-corrected chi connectivity index (χ0v) is 24.5. The van der Waals surface area contributed by atoms with E-state index in [9.17, 15) is 19.5 Å². The second-order valence-electron chi connectivity index (χ2n) is 11.3. The SMILES string of the molecule is CCCCN(CCCCN(C)C)C(=O)CN1CC(c2ccc3c(c2)OCO3)C(C(=O)O)C1CCn1ccccc1=O. The van der Waals surface area contributed by atoms with Gasteiger partial charge in [0.25, 0.3) is 0 Å². The largest absolute Gasteiger partial charge is 0.481 e. The van der Waals surface area contributed by atoms with Crippen LogP contribution >= 0.6 is 0 Å². The van der Waals surface area contributed by atoms with Crippen molar-refractivity contribution in [2.24, 2.45) is 5.92 Å². The lowest BCUT2D eigenvalue weighted by molar-refractivity contribution is -0.144. The van der Waals surface area contributed by atoms with Gasteiger partial charge in [0.15, 0.2) is 11.5 Å². The molecule has 10 heteroatoms. The molecular formula is C31H44N4O6. The summed E-state index contributed by atoms with van der Waals surface area (Å²) in [7, 11) is 4.10. The van der Waals surface area contributed by atoms with Crippen LogP contribution in [-0.4, -0.2) is 95.9 Å². The predicted octanol–water partition coefficient (Wildman–Crippen LogP) is 3.11. The van der Waals surface area contributed by atoms with E-state index < -0.39 is 17.9 Å². The van der Waals surface area contributed by atoms with Gasteiger partial charge in [-0.1, -0.05) is 25.5 Å². The Bertz CT molecular complexity index is 1230. The summed E-state index contributed by atoms with van der Waals surface area (Å²) in [5, 5.41) is 10.5. The van der Waals surface area contributed by atoms with Gasteiger partial charge < -0.3 is 28.9 Å². The van der Waals surface area contributed by atoms with E-state index in [1.165, 1.54) is 6.07 Å². The van der Waals surface area contributed by atoms with Crippen LogP contribution in [0.25, 0.3) is 0 Å². The monoisotopic (exact) mass is 568 g/mol. The minimum absolute atomic E-state index is 0.0284. The topological polar surface area (TPSA) is 105 Å². The highest BCUT2D eigenvalue weighted by Crippen LogP contribution is 2.42. The van der Waals surface area contributed by atoms with Gasteiger partial charge in [-0.15, -0.1) is 0 Å². The summed E-state index contributed by atoms with van der Waals surface area (Å²) in [5.41, 5.74) is 0.723. The lowest BCUT2D eigenvalue weighted by Crippen LogP contribution is -2.45. The number of amides is 1. The highest BCUT2D eigenvalue weighted by Gasteiger charge is 2.47. The van der Waals surface area contributed by atoms with Crippen molar-refractivity contribution in [2.75, 3.05) is 53.6 Å². The fourth-order valence-corrected chi connectivity index (χ4v) is 5.97. The van der Waals surface area contributed by atoms with Gasteiger partial charge in [-0.3, -0.25) is 19.3 Å². The number of hydrogen-bond donors (Lipinski definition) is 1. The first-order valence-corrected chi connectivity index (χ1v) is 14.7. The number of carboxylic acids is 1. The number of ether oxygens (including phenoxy) is 2. The fourth-order valence-electron chi connectivity index (χ4n) is 5.97. The van der Waals surface area contributed by atoms with Gasteiger partial charge >= 0.3 is 5.97 Å². The molecule has 1 fully saturated rings.